The fourth-order valence-electron chi connectivity index (χ4n) is 3.09. The van der Waals surface area contributed by atoms with E-state index in [1.54, 1.807) is 30.3 Å². The molecule has 1 N–H and O–H groups in total. The topological polar surface area (TPSA) is 66.8 Å². The first-order chi connectivity index (χ1) is 12.5. The molecule has 1 saturated heterocycles. The standard InChI is InChI=1S/C19H22FNO4S/c20-18-3-1-2-4-19(18)26(23,24)17-9-10-21(13-17)11-12-25-16-7-5-15(14-22)6-8-16/h1-8,17,22H,9-14H2. The molecule has 0 radical (unpaired) electrons. The minimum Gasteiger partial charge on any atom is -0.492 e. The Balaban J connectivity index is 1.53. The quantitative estimate of drug-likeness (QED) is 0.799. The van der Waals surface area contributed by atoms with Crippen LogP contribution < -0.4 is 4.74 Å². The van der Waals surface area contributed by atoms with Crippen LogP contribution in [0.4, 0.5) is 4.39 Å². The van der Waals surface area contributed by atoms with Crippen LogP contribution in [0.3, 0.4) is 0 Å². The maximum absolute atomic E-state index is 13.9. The van der Waals surface area contributed by atoms with Crippen LogP contribution in [0.15, 0.2) is 53.4 Å². The zero-order valence-corrected chi connectivity index (χ0v) is 15.2. The molecule has 1 atom stereocenters. The molecule has 2 aromatic rings. The Labute approximate surface area is 152 Å². The lowest BCUT2D eigenvalue weighted by Crippen LogP contribution is -2.30. The molecule has 2 aromatic carbocycles. The molecular weight excluding hydrogens is 357 g/mol. The van der Waals surface area contributed by atoms with Crippen molar-refractivity contribution < 1.29 is 22.7 Å². The number of sulfone groups is 1. The number of ether oxygens (including phenoxy) is 1. The maximum Gasteiger partial charge on any atom is 0.185 e. The van der Waals surface area contributed by atoms with Crippen LogP contribution in [-0.2, 0) is 16.4 Å². The van der Waals surface area contributed by atoms with Gasteiger partial charge < -0.3 is 9.84 Å². The lowest BCUT2D eigenvalue weighted by Gasteiger charge is -2.17. The largest absolute Gasteiger partial charge is 0.492 e. The highest BCUT2D eigenvalue weighted by Crippen LogP contribution is 2.25. The summed E-state index contributed by atoms with van der Waals surface area (Å²) in [5, 5.41) is 8.42. The van der Waals surface area contributed by atoms with Gasteiger partial charge in [-0.3, -0.25) is 4.90 Å². The van der Waals surface area contributed by atoms with E-state index in [2.05, 4.69) is 0 Å². The molecule has 0 aromatic heterocycles. The van der Waals surface area contributed by atoms with Crippen molar-refractivity contribution in [2.45, 2.75) is 23.2 Å². The van der Waals surface area contributed by atoms with E-state index < -0.39 is 20.9 Å². The van der Waals surface area contributed by atoms with Gasteiger partial charge in [-0.1, -0.05) is 24.3 Å². The number of hydrogen-bond donors (Lipinski definition) is 1. The predicted molar refractivity (Wildman–Crippen MR) is 96.3 cm³/mol. The van der Waals surface area contributed by atoms with Gasteiger partial charge >= 0.3 is 0 Å². The van der Waals surface area contributed by atoms with E-state index in [0.717, 1.165) is 5.56 Å². The Morgan fingerprint density at radius 1 is 1.15 bits per heavy atom. The van der Waals surface area contributed by atoms with E-state index in [9.17, 15) is 12.8 Å². The molecule has 1 fully saturated rings. The maximum atomic E-state index is 13.9. The molecule has 140 valence electrons. The van der Waals surface area contributed by atoms with Gasteiger partial charge in [0, 0.05) is 13.1 Å². The Bertz CT molecular complexity index is 839. The van der Waals surface area contributed by atoms with Gasteiger partial charge in [-0.25, -0.2) is 12.8 Å². The number of aliphatic hydroxyl groups excluding tert-OH is 1. The van der Waals surface area contributed by atoms with E-state index >= 15 is 0 Å². The third-order valence-corrected chi connectivity index (χ3v) is 6.80. The summed E-state index contributed by atoms with van der Waals surface area (Å²) in [4.78, 5) is 1.80. The van der Waals surface area contributed by atoms with Crippen LogP contribution in [0, 0.1) is 5.82 Å². The number of benzene rings is 2. The highest BCUT2D eigenvalue weighted by atomic mass is 32.2. The van der Waals surface area contributed by atoms with Crippen molar-refractivity contribution in [2.75, 3.05) is 26.2 Å². The zero-order chi connectivity index (χ0) is 18.6. The lowest BCUT2D eigenvalue weighted by molar-refractivity contribution is 0.237. The summed E-state index contributed by atoms with van der Waals surface area (Å²) in [5.41, 5.74) is 0.818. The molecule has 26 heavy (non-hydrogen) atoms. The van der Waals surface area contributed by atoms with E-state index in [1.807, 2.05) is 4.90 Å². The third kappa shape index (κ3) is 4.23. The Morgan fingerprint density at radius 2 is 1.88 bits per heavy atom. The molecule has 7 heteroatoms. The van der Waals surface area contributed by atoms with Crippen molar-refractivity contribution in [2.24, 2.45) is 0 Å². The summed E-state index contributed by atoms with van der Waals surface area (Å²) in [5.74, 6) is 0.0116. The fraction of sp³-hybridized carbons (Fsp3) is 0.368. The van der Waals surface area contributed by atoms with E-state index in [0.29, 0.717) is 38.4 Å². The van der Waals surface area contributed by atoms with Crippen LogP contribution in [0.2, 0.25) is 0 Å². The van der Waals surface area contributed by atoms with Gasteiger partial charge in [0.2, 0.25) is 0 Å². The summed E-state index contributed by atoms with van der Waals surface area (Å²) in [6, 6.07) is 12.7. The van der Waals surface area contributed by atoms with Gasteiger partial charge in [-0.2, -0.15) is 0 Å². The smallest absolute Gasteiger partial charge is 0.185 e. The predicted octanol–water partition coefficient (Wildman–Crippen LogP) is 2.25. The van der Waals surface area contributed by atoms with Crippen molar-refractivity contribution in [1.29, 1.82) is 0 Å². The van der Waals surface area contributed by atoms with Crippen LogP contribution in [0.5, 0.6) is 5.75 Å². The summed E-state index contributed by atoms with van der Waals surface area (Å²) in [6.45, 7) is 2.05. The SMILES string of the molecule is O=S(=O)(c1ccccc1F)C1CCN(CCOc2ccc(CO)cc2)C1. The molecule has 0 aliphatic carbocycles. The molecule has 1 heterocycles. The second-order valence-electron chi connectivity index (χ2n) is 6.34. The van der Waals surface area contributed by atoms with Crippen molar-refractivity contribution in [3.05, 3.63) is 59.9 Å². The summed E-state index contributed by atoms with van der Waals surface area (Å²) >= 11 is 0. The highest BCUT2D eigenvalue weighted by molar-refractivity contribution is 7.92. The van der Waals surface area contributed by atoms with Gasteiger partial charge in [0.1, 0.15) is 23.1 Å². The van der Waals surface area contributed by atoms with Gasteiger partial charge in [0.25, 0.3) is 0 Å². The Morgan fingerprint density at radius 3 is 2.58 bits per heavy atom. The Hall–Kier alpha value is -1.96. The van der Waals surface area contributed by atoms with Crippen molar-refractivity contribution in [3.63, 3.8) is 0 Å². The molecule has 0 bridgehead atoms. The Kier molecular flexibility index (Phi) is 5.90. The summed E-state index contributed by atoms with van der Waals surface area (Å²) in [6.07, 6.45) is 0.488. The van der Waals surface area contributed by atoms with Crippen LogP contribution in [0.25, 0.3) is 0 Å². The first-order valence-corrected chi connectivity index (χ1v) is 10.1. The molecule has 1 aliphatic heterocycles. The van der Waals surface area contributed by atoms with Crippen LogP contribution >= 0.6 is 0 Å². The van der Waals surface area contributed by atoms with Crippen LogP contribution in [0.1, 0.15) is 12.0 Å². The highest BCUT2D eigenvalue weighted by Gasteiger charge is 2.35. The fourth-order valence-corrected chi connectivity index (χ4v) is 4.88. The average molecular weight is 379 g/mol. The number of aliphatic hydroxyl groups is 1. The molecular formula is C19H22FNO4S. The second kappa shape index (κ2) is 8.16. The first kappa shape index (κ1) is 18.8. The monoisotopic (exact) mass is 379 g/mol. The van der Waals surface area contributed by atoms with Crippen molar-refractivity contribution in [1.82, 2.24) is 4.90 Å². The average Bonchev–Trinajstić information content (AvgIpc) is 3.12. The van der Waals surface area contributed by atoms with Gasteiger partial charge in [0.05, 0.1) is 11.9 Å². The normalized spacial score (nSPS) is 18.2. The first-order valence-electron chi connectivity index (χ1n) is 8.54. The molecule has 0 saturated carbocycles. The number of nitrogens with zero attached hydrogens (tertiary/aromatic N) is 1. The number of hydrogen-bond acceptors (Lipinski definition) is 5. The summed E-state index contributed by atoms with van der Waals surface area (Å²) in [7, 11) is -3.67. The minimum absolute atomic E-state index is 0.00801. The van der Waals surface area contributed by atoms with E-state index in [4.69, 9.17) is 9.84 Å². The molecule has 3 rings (SSSR count). The molecule has 1 unspecified atom stereocenters. The number of halogens is 1. The molecule has 5 nitrogen and oxygen atoms in total. The molecule has 0 amide bonds. The van der Waals surface area contributed by atoms with Gasteiger partial charge in [0.15, 0.2) is 9.84 Å². The number of likely N-dealkylation sites (tertiary alicyclic amines) is 1. The second-order valence-corrected chi connectivity index (χ2v) is 8.53. The molecule has 1 aliphatic rings. The van der Waals surface area contributed by atoms with Crippen molar-refractivity contribution in [3.8, 4) is 5.75 Å². The van der Waals surface area contributed by atoms with Gasteiger partial charge in [-0.15, -0.1) is 0 Å². The van der Waals surface area contributed by atoms with E-state index in [-0.39, 0.29) is 11.5 Å². The summed E-state index contributed by atoms with van der Waals surface area (Å²) < 4.78 is 44.8. The van der Waals surface area contributed by atoms with E-state index in [1.165, 1.54) is 18.2 Å². The van der Waals surface area contributed by atoms with Crippen molar-refractivity contribution >= 4 is 9.84 Å². The lowest BCUT2D eigenvalue weighted by atomic mass is 10.2. The third-order valence-electron chi connectivity index (χ3n) is 4.59. The zero-order valence-electron chi connectivity index (χ0n) is 14.3. The number of rotatable bonds is 7. The minimum atomic E-state index is -3.67. The molecule has 0 spiro atoms. The van der Waals surface area contributed by atoms with Gasteiger partial charge in [-0.05, 0) is 42.8 Å². The van der Waals surface area contributed by atoms with Crippen LogP contribution in [-0.4, -0.2) is 49.9 Å².